The Labute approximate surface area is 148 Å². The van der Waals surface area contributed by atoms with Gasteiger partial charge in [-0.1, -0.05) is 11.6 Å². The molecule has 1 aliphatic carbocycles. The molecule has 1 aromatic carbocycles. The normalized spacial score (nSPS) is 14.0. The van der Waals surface area contributed by atoms with E-state index in [4.69, 9.17) is 23.2 Å². The predicted octanol–water partition coefficient (Wildman–Crippen LogP) is 5.93. The van der Waals surface area contributed by atoms with E-state index in [1.54, 1.807) is 11.3 Å². The maximum absolute atomic E-state index is 6.14. The Bertz CT molecular complexity index is 904. The molecule has 0 bridgehead atoms. The maximum Gasteiger partial charge on any atom is 0.225 e. The fraction of sp³-hybridized carbons (Fsp3) is 0.294. The van der Waals surface area contributed by atoms with Crippen LogP contribution in [-0.2, 0) is 12.8 Å². The van der Waals surface area contributed by atoms with Gasteiger partial charge in [0.25, 0.3) is 0 Å². The number of benzene rings is 1. The number of fused-ring (bicyclic) bond motifs is 3. The molecular formula is C17H15Cl2N3S. The van der Waals surface area contributed by atoms with Gasteiger partial charge in [-0.3, -0.25) is 0 Å². The molecule has 6 heteroatoms. The molecule has 118 valence electrons. The topological polar surface area (TPSA) is 37.8 Å². The van der Waals surface area contributed by atoms with Gasteiger partial charge < -0.3 is 5.32 Å². The summed E-state index contributed by atoms with van der Waals surface area (Å²) in [4.78, 5) is 11.3. The SMILES string of the molecule is Cc1cc(Cl)ccc1Nc1nc(Cl)nc2sc3c(c12)CCCC3. The first-order valence-electron chi connectivity index (χ1n) is 7.63. The Balaban J connectivity index is 1.87. The molecule has 0 radical (unpaired) electrons. The quantitative estimate of drug-likeness (QED) is 0.573. The minimum Gasteiger partial charge on any atom is -0.339 e. The number of halogens is 2. The van der Waals surface area contributed by atoms with Crippen LogP contribution in [0.1, 0.15) is 28.8 Å². The van der Waals surface area contributed by atoms with E-state index in [2.05, 4.69) is 15.3 Å². The van der Waals surface area contributed by atoms with Crippen molar-refractivity contribution < 1.29 is 0 Å². The smallest absolute Gasteiger partial charge is 0.225 e. The number of aromatic nitrogens is 2. The van der Waals surface area contributed by atoms with Gasteiger partial charge in [0.05, 0.1) is 5.39 Å². The highest BCUT2D eigenvalue weighted by atomic mass is 35.5. The monoisotopic (exact) mass is 363 g/mol. The highest BCUT2D eigenvalue weighted by Crippen LogP contribution is 2.40. The van der Waals surface area contributed by atoms with Crippen molar-refractivity contribution in [2.45, 2.75) is 32.6 Å². The molecular weight excluding hydrogens is 349 g/mol. The average molecular weight is 364 g/mol. The zero-order valence-corrected chi connectivity index (χ0v) is 14.9. The highest BCUT2D eigenvalue weighted by molar-refractivity contribution is 7.19. The van der Waals surface area contributed by atoms with Crippen LogP contribution in [0.5, 0.6) is 0 Å². The van der Waals surface area contributed by atoms with Gasteiger partial charge in [-0.2, -0.15) is 4.98 Å². The van der Waals surface area contributed by atoms with Crippen LogP contribution >= 0.6 is 34.5 Å². The van der Waals surface area contributed by atoms with Crippen LogP contribution in [-0.4, -0.2) is 9.97 Å². The van der Waals surface area contributed by atoms with E-state index in [1.807, 2.05) is 25.1 Å². The Morgan fingerprint density at radius 2 is 1.96 bits per heavy atom. The summed E-state index contributed by atoms with van der Waals surface area (Å²) < 4.78 is 0. The Hall–Kier alpha value is -1.36. The molecule has 0 atom stereocenters. The van der Waals surface area contributed by atoms with E-state index in [1.165, 1.54) is 23.3 Å². The lowest BCUT2D eigenvalue weighted by atomic mass is 9.97. The molecule has 23 heavy (non-hydrogen) atoms. The minimum atomic E-state index is 0.283. The zero-order valence-electron chi connectivity index (χ0n) is 12.6. The number of thiophene rings is 1. The van der Waals surface area contributed by atoms with Gasteiger partial charge in [0, 0.05) is 15.6 Å². The largest absolute Gasteiger partial charge is 0.339 e. The molecule has 0 amide bonds. The molecule has 1 N–H and O–H groups in total. The second-order valence-electron chi connectivity index (χ2n) is 5.82. The molecule has 2 aromatic heterocycles. The molecule has 0 fully saturated rings. The number of rotatable bonds is 2. The van der Waals surface area contributed by atoms with Crippen molar-refractivity contribution >= 4 is 56.3 Å². The molecule has 3 aromatic rings. The first-order valence-corrected chi connectivity index (χ1v) is 9.20. The Morgan fingerprint density at radius 3 is 2.78 bits per heavy atom. The summed E-state index contributed by atoms with van der Waals surface area (Å²) in [5, 5.41) is 5.57. The van der Waals surface area contributed by atoms with Crippen molar-refractivity contribution in [1.29, 1.82) is 0 Å². The number of aryl methyl sites for hydroxylation is 3. The molecule has 3 nitrogen and oxygen atoms in total. The van der Waals surface area contributed by atoms with Gasteiger partial charge in [0.1, 0.15) is 10.6 Å². The fourth-order valence-electron chi connectivity index (χ4n) is 3.12. The van der Waals surface area contributed by atoms with E-state index in [0.29, 0.717) is 0 Å². The Morgan fingerprint density at radius 1 is 1.13 bits per heavy atom. The van der Waals surface area contributed by atoms with Gasteiger partial charge in [-0.25, -0.2) is 4.98 Å². The van der Waals surface area contributed by atoms with Crippen LogP contribution in [0.25, 0.3) is 10.2 Å². The van der Waals surface area contributed by atoms with Crippen LogP contribution in [0, 0.1) is 6.92 Å². The molecule has 2 heterocycles. The summed E-state index contributed by atoms with van der Waals surface area (Å²) in [6.07, 6.45) is 4.70. The summed E-state index contributed by atoms with van der Waals surface area (Å²) in [7, 11) is 0. The number of hydrogen-bond donors (Lipinski definition) is 1. The third-order valence-electron chi connectivity index (χ3n) is 4.23. The Kier molecular flexibility index (Phi) is 3.92. The fourth-order valence-corrected chi connectivity index (χ4v) is 4.82. The van der Waals surface area contributed by atoms with E-state index in [9.17, 15) is 0 Å². The van der Waals surface area contributed by atoms with Crippen molar-refractivity contribution in [2.24, 2.45) is 0 Å². The molecule has 0 unspecified atom stereocenters. The molecule has 0 saturated heterocycles. The summed E-state index contributed by atoms with van der Waals surface area (Å²) in [6, 6.07) is 5.78. The van der Waals surface area contributed by atoms with Crippen LogP contribution in [0.3, 0.4) is 0 Å². The number of nitrogens with zero attached hydrogens (tertiary/aromatic N) is 2. The van der Waals surface area contributed by atoms with Gasteiger partial charge in [0.2, 0.25) is 5.28 Å². The first-order chi connectivity index (χ1) is 11.1. The molecule has 0 saturated carbocycles. The van der Waals surface area contributed by atoms with Crippen molar-refractivity contribution in [1.82, 2.24) is 9.97 Å². The molecule has 0 spiro atoms. The summed E-state index contributed by atoms with van der Waals surface area (Å²) >= 11 is 13.9. The standard InChI is InChI=1S/C17H15Cl2N3S/c1-9-8-10(18)6-7-12(9)20-15-14-11-4-2-3-5-13(11)23-16(14)22-17(19)21-15/h6-8H,2-5H2,1H3,(H,20,21,22). The van der Waals surface area contributed by atoms with Gasteiger partial charge in [0.15, 0.2) is 0 Å². The second-order valence-corrected chi connectivity index (χ2v) is 7.67. The molecule has 0 aliphatic heterocycles. The second kappa shape index (κ2) is 5.93. The van der Waals surface area contributed by atoms with Crippen LogP contribution < -0.4 is 5.32 Å². The first kappa shape index (κ1) is 15.2. The van der Waals surface area contributed by atoms with Gasteiger partial charge >= 0.3 is 0 Å². The lowest BCUT2D eigenvalue weighted by Gasteiger charge is -2.14. The van der Waals surface area contributed by atoms with Crippen LogP contribution in [0.2, 0.25) is 10.3 Å². The van der Waals surface area contributed by atoms with Gasteiger partial charge in [-0.05, 0) is 73.5 Å². The average Bonchev–Trinajstić information content (AvgIpc) is 2.88. The van der Waals surface area contributed by atoms with Crippen molar-refractivity contribution in [3.05, 3.63) is 44.5 Å². The lowest BCUT2D eigenvalue weighted by Crippen LogP contribution is -2.02. The summed E-state index contributed by atoms with van der Waals surface area (Å²) in [6.45, 7) is 2.03. The summed E-state index contributed by atoms with van der Waals surface area (Å²) in [5.74, 6) is 0.796. The maximum atomic E-state index is 6.14. The van der Waals surface area contributed by atoms with Gasteiger partial charge in [-0.15, -0.1) is 11.3 Å². The van der Waals surface area contributed by atoms with Crippen molar-refractivity contribution in [2.75, 3.05) is 5.32 Å². The van der Waals surface area contributed by atoms with Crippen molar-refractivity contribution in [3.63, 3.8) is 0 Å². The zero-order chi connectivity index (χ0) is 16.0. The third kappa shape index (κ3) is 2.80. The number of nitrogens with one attached hydrogen (secondary N) is 1. The highest BCUT2D eigenvalue weighted by Gasteiger charge is 2.21. The van der Waals surface area contributed by atoms with E-state index >= 15 is 0 Å². The molecule has 4 rings (SSSR count). The summed E-state index contributed by atoms with van der Waals surface area (Å²) in [5.41, 5.74) is 3.45. The minimum absolute atomic E-state index is 0.283. The van der Waals surface area contributed by atoms with Crippen LogP contribution in [0.4, 0.5) is 11.5 Å². The van der Waals surface area contributed by atoms with Crippen molar-refractivity contribution in [3.8, 4) is 0 Å². The number of hydrogen-bond acceptors (Lipinski definition) is 4. The van der Waals surface area contributed by atoms with E-state index in [0.717, 1.165) is 45.1 Å². The number of anilines is 2. The van der Waals surface area contributed by atoms with E-state index in [-0.39, 0.29) is 5.28 Å². The van der Waals surface area contributed by atoms with Crippen LogP contribution in [0.15, 0.2) is 18.2 Å². The third-order valence-corrected chi connectivity index (χ3v) is 5.82. The lowest BCUT2D eigenvalue weighted by molar-refractivity contribution is 0.700. The molecule has 1 aliphatic rings. The van der Waals surface area contributed by atoms with E-state index < -0.39 is 0 Å². The predicted molar refractivity (Wildman–Crippen MR) is 98.5 cm³/mol.